The van der Waals surface area contributed by atoms with E-state index >= 15 is 0 Å². The molecule has 5 heteroatoms. The van der Waals surface area contributed by atoms with Crippen LogP contribution in [0.3, 0.4) is 0 Å². The van der Waals surface area contributed by atoms with Gasteiger partial charge in [0.15, 0.2) is 0 Å². The zero-order chi connectivity index (χ0) is 15.2. The van der Waals surface area contributed by atoms with Gasteiger partial charge in [-0.2, -0.15) is 0 Å². The van der Waals surface area contributed by atoms with Crippen molar-refractivity contribution in [1.82, 2.24) is 0 Å². The van der Waals surface area contributed by atoms with Crippen molar-refractivity contribution >= 4 is 17.6 Å². The minimum Gasteiger partial charge on any atom is -0.492 e. The van der Waals surface area contributed by atoms with Crippen molar-refractivity contribution in [2.24, 2.45) is 11.8 Å². The highest BCUT2D eigenvalue weighted by molar-refractivity contribution is 5.96. The second-order valence-corrected chi connectivity index (χ2v) is 4.91. The molecule has 1 aliphatic rings. The molecule has 0 bridgehead atoms. The van der Waals surface area contributed by atoms with Gasteiger partial charge in [0.2, 0.25) is 5.91 Å². The van der Waals surface area contributed by atoms with Crippen molar-refractivity contribution in [3.63, 3.8) is 0 Å². The maximum absolute atomic E-state index is 12.4. The summed E-state index contributed by atoms with van der Waals surface area (Å²) in [4.78, 5) is 23.6. The number of carbonyl (C=O) groups excluding carboxylic acids is 1. The molecule has 0 aromatic heterocycles. The average molecular weight is 289 g/mol. The van der Waals surface area contributed by atoms with E-state index in [0.717, 1.165) is 0 Å². The van der Waals surface area contributed by atoms with Gasteiger partial charge in [0.05, 0.1) is 24.1 Å². The molecule has 0 spiro atoms. The summed E-state index contributed by atoms with van der Waals surface area (Å²) in [6.07, 6.45) is 4.51. The number of allylic oxidation sites excluding steroid dienone is 2. The van der Waals surface area contributed by atoms with E-state index in [1.165, 1.54) is 0 Å². The minimum atomic E-state index is -0.933. The Labute approximate surface area is 123 Å². The smallest absolute Gasteiger partial charge is 0.307 e. The monoisotopic (exact) mass is 289 g/mol. The molecule has 2 N–H and O–H groups in total. The van der Waals surface area contributed by atoms with Crippen molar-refractivity contribution in [1.29, 1.82) is 0 Å². The number of carboxylic acids is 1. The van der Waals surface area contributed by atoms with Gasteiger partial charge in [0.25, 0.3) is 0 Å². The van der Waals surface area contributed by atoms with Crippen LogP contribution in [0.25, 0.3) is 0 Å². The number of para-hydroxylation sites is 2. The van der Waals surface area contributed by atoms with E-state index in [9.17, 15) is 14.7 Å². The normalized spacial score (nSPS) is 20.8. The number of amides is 1. The molecular formula is C16H19NO4. The van der Waals surface area contributed by atoms with Gasteiger partial charge in [-0.3, -0.25) is 9.59 Å². The van der Waals surface area contributed by atoms with Crippen molar-refractivity contribution in [3.8, 4) is 5.75 Å². The fourth-order valence-corrected chi connectivity index (χ4v) is 2.45. The molecule has 112 valence electrons. The van der Waals surface area contributed by atoms with Crippen LogP contribution in [-0.4, -0.2) is 23.6 Å². The van der Waals surface area contributed by atoms with Crippen LogP contribution in [0.1, 0.15) is 19.8 Å². The second kappa shape index (κ2) is 6.92. The van der Waals surface area contributed by atoms with Gasteiger partial charge in [-0.15, -0.1) is 0 Å². The molecule has 0 fully saturated rings. The van der Waals surface area contributed by atoms with Crippen molar-refractivity contribution in [2.75, 3.05) is 11.9 Å². The lowest BCUT2D eigenvalue weighted by Crippen LogP contribution is -2.34. The molecule has 1 aromatic rings. The zero-order valence-corrected chi connectivity index (χ0v) is 11.9. The molecule has 1 aromatic carbocycles. The molecule has 5 nitrogen and oxygen atoms in total. The summed E-state index contributed by atoms with van der Waals surface area (Å²) in [5, 5.41) is 12.0. The van der Waals surface area contributed by atoms with E-state index in [-0.39, 0.29) is 5.91 Å². The number of ether oxygens (including phenoxy) is 1. The Morgan fingerprint density at radius 1 is 1.24 bits per heavy atom. The van der Waals surface area contributed by atoms with Crippen LogP contribution in [0, 0.1) is 11.8 Å². The summed E-state index contributed by atoms with van der Waals surface area (Å²) in [5.41, 5.74) is 0.572. The van der Waals surface area contributed by atoms with Crippen LogP contribution in [0.2, 0.25) is 0 Å². The van der Waals surface area contributed by atoms with Crippen LogP contribution in [0.4, 0.5) is 5.69 Å². The Morgan fingerprint density at radius 3 is 2.57 bits per heavy atom. The Hall–Kier alpha value is -2.30. The van der Waals surface area contributed by atoms with Gasteiger partial charge in [-0.05, 0) is 31.9 Å². The van der Waals surface area contributed by atoms with Crippen LogP contribution in [0.5, 0.6) is 5.75 Å². The summed E-state index contributed by atoms with van der Waals surface area (Å²) in [6.45, 7) is 2.36. The molecule has 0 unspecified atom stereocenters. The largest absolute Gasteiger partial charge is 0.492 e. The second-order valence-electron chi connectivity index (χ2n) is 4.91. The molecule has 0 saturated heterocycles. The Balaban J connectivity index is 2.14. The SMILES string of the molecule is CCOc1ccccc1NC(=O)[C@@H]1CC=CC[C@H]1C(=O)O. The fourth-order valence-electron chi connectivity index (χ4n) is 2.45. The van der Waals surface area contributed by atoms with Gasteiger partial charge < -0.3 is 15.2 Å². The third-order valence-electron chi connectivity index (χ3n) is 3.53. The van der Waals surface area contributed by atoms with E-state index in [1.54, 1.807) is 18.2 Å². The fraction of sp³-hybridized carbons (Fsp3) is 0.375. The number of nitrogens with one attached hydrogen (secondary N) is 1. The standard InChI is InChI=1S/C16H19NO4/c1-2-21-14-10-6-5-9-13(14)17-15(18)11-7-3-4-8-12(11)16(19)20/h3-6,9-12H,2,7-8H2,1H3,(H,17,18)(H,19,20)/t11-,12-/m1/s1. The molecular weight excluding hydrogens is 270 g/mol. The molecule has 0 heterocycles. The van der Waals surface area contributed by atoms with E-state index in [4.69, 9.17) is 4.74 Å². The molecule has 21 heavy (non-hydrogen) atoms. The van der Waals surface area contributed by atoms with Crippen LogP contribution >= 0.6 is 0 Å². The number of anilines is 1. The molecule has 2 atom stereocenters. The van der Waals surface area contributed by atoms with Gasteiger partial charge >= 0.3 is 5.97 Å². The number of rotatable bonds is 5. The highest BCUT2D eigenvalue weighted by atomic mass is 16.5. The third kappa shape index (κ3) is 3.62. The van der Waals surface area contributed by atoms with Gasteiger partial charge in [0, 0.05) is 0 Å². The predicted molar refractivity (Wildman–Crippen MR) is 79.2 cm³/mol. The summed E-state index contributed by atoms with van der Waals surface area (Å²) in [6, 6.07) is 7.14. The Morgan fingerprint density at radius 2 is 1.90 bits per heavy atom. The maximum atomic E-state index is 12.4. The van der Waals surface area contributed by atoms with E-state index < -0.39 is 17.8 Å². The first-order valence-electron chi connectivity index (χ1n) is 7.04. The highest BCUT2D eigenvalue weighted by Gasteiger charge is 2.34. The van der Waals surface area contributed by atoms with Crippen molar-refractivity contribution < 1.29 is 19.4 Å². The van der Waals surface area contributed by atoms with Crippen LogP contribution < -0.4 is 10.1 Å². The highest BCUT2D eigenvalue weighted by Crippen LogP contribution is 2.29. The number of hydrogen-bond acceptors (Lipinski definition) is 3. The summed E-state index contributed by atoms with van der Waals surface area (Å²) >= 11 is 0. The van der Waals surface area contributed by atoms with Gasteiger partial charge in [-0.25, -0.2) is 0 Å². The average Bonchev–Trinajstić information content (AvgIpc) is 2.49. The number of hydrogen-bond donors (Lipinski definition) is 2. The summed E-state index contributed by atoms with van der Waals surface area (Å²) < 4.78 is 5.45. The summed E-state index contributed by atoms with van der Waals surface area (Å²) in [7, 11) is 0. The molecule has 0 saturated carbocycles. The number of aliphatic carboxylic acids is 1. The number of carboxylic acid groups (broad SMARTS) is 1. The van der Waals surface area contributed by atoms with Crippen molar-refractivity contribution in [3.05, 3.63) is 36.4 Å². The zero-order valence-electron chi connectivity index (χ0n) is 11.9. The molecule has 0 radical (unpaired) electrons. The van der Waals surface area contributed by atoms with E-state index in [1.807, 2.05) is 25.1 Å². The first-order chi connectivity index (χ1) is 10.1. The minimum absolute atomic E-state index is 0.279. The lowest BCUT2D eigenvalue weighted by Gasteiger charge is -2.24. The number of benzene rings is 1. The lowest BCUT2D eigenvalue weighted by molar-refractivity contribution is -0.146. The van der Waals surface area contributed by atoms with Crippen molar-refractivity contribution in [2.45, 2.75) is 19.8 Å². The quantitative estimate of drug-likeness (QED) is 0.817. The Kier molecular flexibility index (Phi) is 4.98. The lowest BCUT2D eigenvalue weighted by atomic mass is 9.82. The van der Waals surface area contributed by atoms with E-state index in [2.05, 4.69) is 5.32 Å². The first kappa shape index (κ1) is 15.1. The first-order valence-corrected chi connectivity index (χ1v) is 7.04. The molecule has 1 aliphatic carbocycles. The molecule has 1 amide bonds. The number of carbonyl (C=O) groups is 2. The molecule has 2 rings (SSSR count). The van der Waals surface area contributed by atoms with Gasteiger partial charge in [-0.1, -0.05) is 24.3 Å². The van der Waals surface area contributed by atoms with Crippen LogP contribution in [0.15, 0.2) is 36.4 Å². The summed E-state index contributed by atoms with van der Waals surface area (Å²) in [5.74, 6) is -1.85. The van der Waals surface area contributed by atoms with E-state index in [0.29, 0.717) is 30.9 Å². The topological polar surface area (TPSA) is 75.6 Å². The van der Waals surface area contributed by atoms with Crippen LogP contribution in [-0.2, 0) is 9.59 Å². The van der Waals surface area contributed by atoms with Gasteiger partial charge in [0.1, 0.15) is 5.75 Å². The maximum Gasteiger partial charge on any atom is 0.307 e. The molecule has 0 aliphatic heterocycles. The predicted octanol–water partition coefficient (Wildman–Crippen LogP) is 2.69. The third-order valence-corrected chi connectivity index (χ3v) is 3.53. The Bertz CT molecular complexity index is 553.